The van der Waals surface area contributed by atoms with E-state index in [1.165, 1.54) is 12.1 Å². The lowest BCUT2D eigenvalue weighted by Gasteiger charge is -2.33. The normalized spacial score (nSPS) is 16.2. The van der Waals surface area contributed by atoms with Crippen LogP contribution >= 0.6 is 0 Å². The zero-order chi connectivity index (χ0) is 17.2. The molecule has 6 heteroatoms. The van der Waals surface area contributed by atoms with Crippen LogP contribution < -0.4 is 9.64 Å². The molecule has 0 spiro atoms. The Morgan fingerprint density at radius 1 is 0.917 bits per heavy atom. The molecule has 0 atom stereocenters. The monoisotopic (exact) mass is 337 g/mol. The first-order valence-corrected chi connectivity index (χ1v) is 7.80. The van der Waals surface area contributed by atoms with Crippen LogP contribution in [0, 0.1) is 0 Å². The van der Waals surface area contributed by atoms with Crippen LogP contribution in [0.5, 0.6) is 11.5 Å². The number of rotatable bonds is 3. The van der Waals surface area contributed by atoms with Crippen LogP contribution in [0.3, 0.4) is 0 Å². The van der Waals surface area contributed by atoms with E-state index in [0.717, 1.165) is 43.8 Å². The lowest BCUT2D eigenvalue weighted by Crippen LogP contribution is -2.38. The molecule has 0 aromatic heterocycles. The van der Waals surface area contributed by atoms with Gasteiger partial charge in [0.05, 0.1) is 5.56 Å². The Labute approximate surface area is 138 Å². The van der Waals surface area contributed by atoms with Crippen LogP contribution in [-0.2, 0) is 6.18 Å². The van der Waals surface area contributed by atoms with E-state index in [-0.39, 0.29) is 11.9 Å². The van der Waals surface area contributed by atoms with Crippen molar-refractivity contribution in [2.45, 2.75) is 25.1 Å². The van der Waals surface area contributed by atoms with Gasteiger partial charge >= 0.3 is 6.18 Å². The highest BCUT2D eigenvalue weighted by atomic mass is 19.4. The highest BCUT2D eigenvalue weighted by Gasteiger charge is 2.30. The summed E-state index contributed by atoms with van der Waals surface area (Å²) in [7, 11) is 0. The van der Waals surface area contributed by atoms with Crippen LogP contribution in [0.2, 0.25) is 0 Å². The molecule has 1 N–H and O–H groups in total. The van der Waals surface area contributed by atoms with Gasteiger partial charge in [-0.2, -0.15) is 13.2 Å². The number of phenols is 1. The molecule has 1 aliphatic rings. The molecule has 128 valence electrons. The minimum Gasteiger partial charge on any atom is -0.508 e. The maximum atomic E-state index is 12.6. The number of benzene rings is 2. The van der Waals surface area contributed by atoms with Crippen molar-refractivity contribution in [1.29, 1.82) is 0 Å². The Hall–Kier alpha value is -2.37. The van der Waals surface area contributed by atoms with Gasteiger partial charge in [0.1, 0.15) is 17.6 Å². The quantitative estimate of drug-likeness (QED) is 0.898. The van der Waals surface area contributed by atoms with Crippen molar-refractivity contribution in [3.05, 3.63) is 54.1 Å². The molecule has 0 amide bonds. The van der Waals surface area contributed by atoms with Gasteiger partial charge in [-0.25, -0.2) is 0 Å². The van der Waals surface area contributed by atoms with E-state index < -0.39 is 11.7 Å². The van der Waals surface area contributed by atoms with Crippen LogP contribution in [0.1, 0.15) is 18.4 Å². The summed E-state index contributed by atoms with van der Waals surface area (Å²) in [4.78, 5) is 2.07. The van der Waals surface area contributed by atoms with Crippen molar-refractivity contribution in [1.82, 2.24) is 0 Å². The minimum atomic E-state index is -4.30. The molecule has 0 radical (unpaired) electrons. The van der Waals surface area contributed by atoms with E-state index in [0.29, 0.717) is 5.75 Å². The van der Waals surface area contributed by atoms with Gasteiger partial charge in [-0.15, -0.1) is 0 Å². The first kappa shape index (κ1) is 16.5. The number of ether oxygens (including phenoxy) is 1. The third-order valence-corrected chi connectivity index (χ3v) is 4.14. The number of piperidine rings is 1. The van der Waals surface area contributed by atoms with Gasteiger partial charge in [0.2, 0.25) is 0 Å². The molecule has 3 nitrogen and oxygen atoms in total. The average Bonchev–Trinajstić information content (AvgIpc) is 2.57. The Morgan fingerprint density at radius 3 is 2.04 bits per heavy atom. The van der Waals surface area contributed by atoms with Crippen molar-refractivity contribution in [3.63, 3.8) is 0 Å². The van der Waals surface area contributed by atoms with Crippen LogP contribution in [0.15, 0.2) is 48.5 Å². The van der Waals surface area contributed by atoms with Crippen molar-refractivity contribution in [3.8, 4) is 11.5 Å². The van der Waals surface area contributed by atoms with Gasteiger partial charge in [0.25, 0.3) is 0 Å². The third kappa shape index (κ3) is 3.93. The number of anilines is 1. The predicted molar refractivity (Wildman–Crippen MR) is 85.4 cm³/mol. The number of hydrogen-bond donors (Lipinski definition) is 1. The summed E-state index contributed by atoms with van der Waals surface area (Å²) >= 11 is 0. The Morgan fingerprint density at radius 2 is 1.50 bits per heavy atom. The fraction of sp³-hybridized carbons (Fsp3) is 0.333. The molecule has 0 bridgehead atoms. The number of halogens is 3. The standard InChI is InChI=1S/C18H18F3NO2/c19-18(20,21)13-1-3-14(4-2-13)22-11-9-17(10-12-22)24-16-7-5-15(23)6-8-16/h1-8,17,23H,9-12H2. The van der Waals surface area contributed by atoms with E-state index in [1.807, 2.05) is 0 Å². The van der Waals surface area contributed by atoms with E-state index in [4.69, 9.17) is 4.74 Å². The SMILES string of the molecule is Oc1ccc(OC2CCN(c3ccc(C(F)(F)F)cc3)CC2)cc1. The molecule has 1 aliphatic heterocycles. The molecule has 2 aromatic carbocycles. The summed E-state index contributed by atoms with van der Waals surface area (Å²) in [6.45, 7) is 1.46. The Kier molecular flexibility index (Phi) is 4.55. The number of hydrogen-bond acceptors (Lipinski definition) is 3. The zero-order valence-electron chi connectivity index (χ0n) is 13.0. The summed E-state index contributed by atoms with van der Waals surface area (Å²) < 4.78 is 43.7. The molecule has 1 heterocycles. The average molecular weight is 337 g/mol. The fourth-order valence-electron chi connectivity index (χ4n) is 2.81. The molecule has 24 heavy (non-hydrogen) atoms. The minimum absolute atomic E-state index is 0.0697. The molecular formula is C18H18F3NO2. The van der Waals surface area contributed by atoms with Crippen LogP contribution in [0.4, 0.5) is 18.9 Å². The van der Waals surface area contributed by atoms with Crippen molar-refractivity contribution >= 4 is 5.69 Å². The maximum absolute atomic E-state index is 12.6. The third-order valence-electron chi connectivity index (χ3n) is 4.14. The predicted octanol–water partition coefficient (Wildman–Crippen LogP) is 4.46. The molecule has 0 unspecified atom stereocenters. The molecule has 0 saturated carbocycles. The second-order valence-electron chi connectivity index (χ2n) is 5.84. The second-order valence-corrected chi connectivity index (χ2v) is 5.84. The second kappa shape index (κ2) is 6.63. The first-order valence-electron chi connectivity index (χ1n) is 7.80. The summed E-state index contributed by atoms with van der Waals surface area (Å²) in [5.74, 6) is 0.903. The number of phenolic OH excluding ortho intramolecular Hbond substituents is 1. The summed E-state index contributed by atoms with van der Waals surface area (Å²) in [6.07, 6.45) is -2.65. The first-order chi connectivity index (χ1) is 11.4. The van der Waals surface area contributed by atoms with E-state index in [2.05, 4.69) is 4.90 Å². The summed E-state index contributed by atoms with van der Waals surface area (Å²) in [6, 6.07) is 11.9. The van der Waals surface area contributed by atoms with Crippen LogP contribution in [0.25, 0.3) is 0 Å². The van der Waals surface area contributed by atoms with Gasteiger partial charge in [0, 0.05) is 31.6 Å². The topological polar surface area (TPSA) is 32.7 Å². The highest BCUT2D eigenvalue weighted by molar-refractivity contribution is 5.48. The van der Waals surface area contributed by atoms with Crippen molar-refractivity contribution in [2.75, 3.05) is 18.0 Å². The van der Waals surface area contributed by atoms with Gasteiger partial charge in [-0.05, 0) is 48.5 Å². The van der Waals surface area contributed by atoms with Gasteiger partial charge in [0.15, 0.2) is 0 Å². The van der Waals surface area contributed by atoms with Gasteiger partial charge < -0.3 is 14.7 Å². The zero-order valence-corrected chi connectivity index (χ0v) is 13.0. The lowest BCUT2D eigenvalue weighted by molar-refractivity contribution is -0.137. The van der Waals surface area contributed by atoms with Crippen molar-refractivity contribution < 1.29 is 23.0 Å². The van der Waals surface area contributed by atoms with Gasteiger partial charge in [-0.3, -0.25) is 0 Å². The molecule has 1 fully saturated rings. The molecule has 3 rings (SSSR count). The largest absolute Gasteiger partial charge is 0.508 e. The number of alkyl halides is 3. The van der Waals surface area contributed by atoms with Gasteiger partial charge in [-0.1, -0.05) is 0 Å². The summed E-state index contributed by atoms with van der Waals surface area (Å²) in [5, 5.41) is 9.26. The highest BCUT2D eigenvalue weighted by Crippen LogP contribution is 2.31. The van der Waals surface area contributed by atoms with Crippen molar-refractivity contribution in [2.24, 2.45) is 0 Å². The number of aromatic hydroxyl groups is 1. The van der Waals surface area contributed by atoms with E-state index in [9.17, 15) is 18.3 Å². The Bertz CT molecular complexity index is 660. The smallest absolute Gasteiger partial charge is 0.416 e. The van der Waals surface area contributed by atoms with E-state index in [1.54, 1.807) is 24.3 Å². The maximum Gasteiger partial charge on any atom is 0.416 e. The van der Waals surface area contributed by atoms with Crippen LogP contribution in [-0.4, -0.2) is 24.3 Å². The molecule has 0 aliphatic carbocycles. The Balaban J connectivity index is 1.56. The lowest BCUT2D eigenvalue weighted by atomic mass is 10.1. The molecular weight excluding hydrogens is 319 g/mol. The molecule has 2 aromatic rings. The molecule has 1 saturated heterocycles. The number of nitrogens with zero attached hydrogens (tertiary/aromatic N) is 1. The van der Waals surface area contributed by atoms with E-state index >= 15 is 0 Å². The summed E-state index contributed by atoms with van der Waals surface area (Å²) in [5.41, 5.74) is 0.169. The fourth-order valence-corrected chi connectivity index (χ4v) is 2.81.